The molecule has 2 aromatic heterocycles. The molecule has 3 N–H and O–H groups in total. The molecule has 0 aliphatic carbocycles. The fraction of sp³-hybridized carbons (Fsp3) is 0.346. The molecule has 36 heavy (non-hydrogen) atoms. The Morgan fingerprint density at radius 1 is 1.36 bits per heavy atom. The van der Waals surface area contributed by atoms with Gasteiger partial charge in [0.15, 0.2) is 5.60 Å². The topological polar surface area (TPSA) is 135 Å². The van der Waals surface area contributed by atoms with E-state index in [-0.39, 0.29) is 48.2 Å². The molecule has 0 bridgehead atoms. The lowest BCUT2D eigenvalue weighted by atomic mass is 9.86. The smallest absolute Gasteiger partial charge is 0.343 e. The van der Waals surface area contributed by atoms with E-state index in [9.17, 15) is 19.5 Å². The number of ether oxygens (including phenoxy) is 1. The molecule has 3 aliphatic heterocycles. The number of para-hydroxylation sites is 1. The molecule has 184 valence electrons. The van der Waals surface area contributed by atoms with Gasteiger partial charge < -0.3 is 19.7 Å². The van der Waals surface area contributed by atoms with Gasteiger partial charge in [-0.2, -0.15) is 5.10 Å². The van der Waals surface area contributed by atoms with Gasteiger partial charge in [-0.3, -0.25) is 9.59 Å². The largest absolute Gasteiger partial charge is 0.458 e. The van der Waals surface area contributed by atoms with Crippen LogP contribution in [0.4, 0.5) is 0 Å². The third kappa shape index (κ3) is 3.29. The molecule has 5 heterocycles. The van der Waals surface area contributed by atoms with Crippen molar-refractivity contribution in [3.63, 3.8) is 0 Å². The van der Waals surface area contributed by atoms with Crippen LogP contribution in [0.2, 0.25) is 0 Å². The normalized spacial score (nSPS) is 22.4. The van der Waals surface area contributed by atoms with E-state index >= 15 is 0 Å². The van der Waals surface area contributed by atoms with E-state index in [2.05, 4.69) is 15.8 Å². The second kappa shape index (κ2) is 8.35. The number of cyclic esters (lactones) is 1. The number of hydrogen-bond donors (Lipinski definition) is 3. The Morgan fingerprint density at radius 3 is 2.97 bits per heavy atom. The number of fused-ring (bicyclic) bond motifs is 5. The van der Waals surface area contributed by atoms with Crippen LogP contribution in [0.1, 0.15) is 48.4 Å². The maximum absolute atomic E-state index is 13.5. The summed E-state index contributed by atoms with van der Waals surface area (Å²) in [6.07, 6.45) is 3.40. The number of hydrazone groups is 1. The number of nitrogens with zero attached hydrogens (tertiary/aromatic N) is 3. The first-order valence-electron chi connectivity index (χ1n) is 12.1. The molecule has 0 radical (unpaired) electrons. The molecule has 10 nitrogen and oxygen atoms in total. The van der Waals surface area contributed by atoms with Crippen LogP contribution in [-0.2, 0) is 33.1 Å². The van der Waals surface area contributed by atoms with Gasteiger partial charge in [-0.25, -0.2) is 15.2 Å². The Morgan fingerprint density at radius 2 is 2.19 bits per heavy atom. The van der Waals surface area contributed by atoms with E-state index in [0.717, 1.165) is 35.9 Å². The average Bonchev–Trinajstić information content (AvgIpc) is 3.55. The zero-order valence-electron chi connectivity index (χ0n) is 19.7. The summed E-state index contributed by atoms with van der Waals surface area (Å²) in [6, 6.07) is 8.99. The van der Waals surface area contributed by atoms with Gasteiger partial charge in [-0.15, -0.1) is 0 Å². The average molecular weight is 488 g/mol. The minimum Gasteiger partial charge on any atom is -0.458 e. The van der Waals surface area contributed by atoms with Gasteiger partial charge in [-0.1, -0.05) is 25.1 Å². The van der Waals surface area contributed by atoms with Crippen LogP contribution in [0.25, 0.3) is 22.3 Å². The Balaban J connectivity index is 1.48. The number of carbonyl (C=O) groups is 2. The zero-order valence-corrected chi connectivity index (χ0v) is 19.7. The highest BCUT2D eigenvalue weighted by atomic mass is 16.6. The van der Waals surface area contributed by atoms with Crippen molar-refractivity contribution in [2.45, 2.75) is 51.0 Å². The molecule has 1 amide bonds. The molecule has 3 aliphatic rings. The molecule has 0 spiro atoms. The number of nitrogens with one attached hydrogen (secondary N) is 2. The Hall–Kier alpha value is -3.89. The second-order valence-electron chi connectivity index (χ2n) is 9.36. The summed E-state index contributed by atoms with van der Waals surface area (Å²) in [5.74, 6) is -0.943. The molecule has 1 saturated heterocycles. The molecule has 3 aromatic rings. The van der Waals surface area contributed by atoms with Crippen molar-refractivity contribution in [2.75, 3.05) is 6.54 Å². The quantitative estimate of drug-likeness (QED) is 0.224. The van der Waals surface area contributed by atoms with Crippen molar-refractivity contribution in [2.24, 2.45) is 5.10 Å². The standard InChI is InChI=1S/C26H25N5O5/c1-2-26(35)18-10-21-22-16(12-31(21)24(33)17(18)13-36-25(26)34)15(14-6-3-4-7-19(14)29-22)11-28-30-23(32)20-8-5-9-27-20/h3-4,6-7,10-11,20,27,35H,2,5,8-9,12-13H2,1H3,(H,30,32)/t20?,26-/m0/s1. The van der Waals surface area contributed by atoms with Crippen molar-refractivity contribution in [3.05, 3.63) is 62.9 Å². The van der Waals surface area contributed by atoms with Gasteiger partial charge in [0.1, 0.15) is 6.61 Å². The Labute approximate surface area is 206 Å². The maximum Gasteiger partial charge on any atom is 0.343 e. The number of hydrogen-bond acceptors (Lipinski definition) is 8. The van der Waals surface area contributed by atoms with Crippen molar-refractivity contribution in [1.82, 2.24) is 20.3 Å². The highest BCUT2D eigenvalue weighted by Crippen LogP contribution is 2.39. The van der Waals surface area contributed by atoms with Crippen molar-refractivity contribution in [3.8, 4) is 11.4 Å². The highest BCUT2D eigenvalue weighted by molar-refractivity contribution is 6.02. The molecule has 1 aromatic carbocycles. The van der Waals surface area contributed by atoms with Gasteiger partial charge in [0, 0.05) is 22.1 Å². The summed E-state index contributed by atoms with van der Waals surface area (Å²) < 4.78 is 6.73. The molecule has 0 saturated carbocycles. The van der Waals surface area contributed by atoms with Crippen molar-refractivity contribution in [1.29, 1.82) is 0 Å². The third-order valence-corrected chi connectivity index (χ3v) is 7.38. The van der Waals surface area contributed by atoms with Crippen LogP contribution >= 0.6 is 0 Å². The number of aliphatic hydroxyl groups is 1. The molecule has 1 fully saturated rings. The van der Waals surface area contributed by atoms with Crippen LogP contribution < -0.4 is 16.3 Å². The molecule has 6 rings (SSSR count). The number of esters is 1. The summed E-state index contributed by atoms with van der Waals surface area (Å²) in [7, 11) is 0. The van der Waals surface area contributed by atoms with Gasteiger partial charge in [0.2, 0.25) is 0 Å². The molecule has 1 unspecified atom stereocenters. The summed E-state index contributed by atoms with van der Waals surface area (Å²) in [4.78, 5) is 43.1. The van der Waals surface area contributed by atoms with Crippen LogP contribution in [0.5, 0.6) is 0 Å². The van der Waals surface area contributed by atoms with E-state index < -0.39 is 11.6 Å². The van der Waals surface area contributed by atoms with Gasteiger partial charge >= 0.3 is 5.97 Å². The summed E-state index contributed by atoms with van der Waals surface area (Å²) >= 11 is 0. The van der Waals surface area contributed by atoms with Gasteiger partial charge in [0.25, 0.3) is 11.5 Å². The fourth-order valence-corrected chi connectivity index (χ4v) is 5.35. The van der Waals surface area contributed by atoms with Gasteiger partial charge in [-0.05, 0) is 37.9 Å². The fourth-order valence-electron chi connectivity index (χ4n) is 5.35. The first kappa shape index (κ1) is 22.6. The minimum atomic E-state index is -1.88. The lowest BCUT2D eigenvalue weighted by molar-refractivity contribution is -0.172. The number of benzene rings is 1. The Kier molecular flexibility index (Phi) is 5.24. The van der Waals surface area contributed by atoms with Crippen LogP contribution in [0.15, 0.2) is 40.2 Å². The predicted octanol–water partition coefficient (Wildman–Crippen LogP) is 1.28. The van der Waals surface area contributed by atoms with Crippen molar-refractivity contribution < 1.29 is 19.4 Å². The highest BCUT2D eigenvalue weighted by Gasteiger charge is 2.45. The SMILES string of the molecule is CC[C@@]1(O)C(=O)OCc2c1cc1n(c2=O)Cc2c-1nc1ccccc1c2C=NNC(=O)C1CCCN1. The summed E-state index contributed by atoms with van der Waals surface area (Å²) in [6.45, 7) is 2.54. The monoisotopic (exact) mass is 487 g/mol. The van der Waals surface area contributed by atoms with E-state index in [1.54, 1.807) is 23.8 Å². The number of rotatable bonds is 4. The van der Waals surface area contributed by atoms with Crippen LogP contribution in [0.3, 0.4) is 0 Å². The lowest BCUT2D eigenvalue weighted by Crippen LogP contribution is -2.44. The van der Waals surface area contributed by atoms with E-state index in [1.165, 1.54) is 0 Å². The maximum atomic E-state index is 13.5. The number of amides is 1. The summed E-state index contributed by atoms with van der Waals surface area (Å²) in [5.41, 5.74) is 4.27. The van der Waals surface area contributed by atoms with E-state index in [4.69, 9.17) is 9.72 Å². The number of pyridine rings is 2. The van der Waals surface area contributed by atoms with Crippen LogP contribution in [-0.4, -0.2) is 45.3 Å². The lowest BCUT2D eigenvalue weighted by Gasteiger charge is -2.31. The third-order valence-electron chi connectivity index (χ3n) is 7.38. The minimum absolute atomic E-state index is 0.0766. The van der Waals surface area contributed by atoms with E-state index in [0.29, 0.717) is 16.9 Å². The summed E-state index contributed by atoms with van der Waals surface area (Å²) in [5, 5.41) is 19.3. The number of carbonyl (C=O) groups excluding carboxylic acids is 2. The predicted molar refractivity (Wildman–Crippen MR) is 131 cm³/mol. The van der Waals surface area contributed by atoms with E-state index in [1.807, 2.05) is 24.3 Å². The first-order valence-corrected chi connectivity index (χ1v) is 12.1. The molecular formula is C26H25N5O5. The molecule has 2 atom stereocenters. The first-order chi connectivity index (χ1) is 17.4. The molecule has 10 heteroatoms. The van der Waals surface area contributed by atoms with Crippen LogP contribution in [0, 0.1) is 0 Å². The zero-order chi connectivity index (χ0) is 25.0. The number of aromatic nitrogens is 2. The Bertz CT molecular complexity index is 1520. The second-order valence-corrected chi connectivity index (χ2v) is 9.36. The van der Waals surface area contributed by atoms with Crippen molar-refractivity contribution >= 4 is 29.0 Å². The molecular weight excluding hydrogens is 462 g/mol. The van der Waals surface area contributed by atoms with Gasteiger partial charge in [0.05, 0.1) is 41.3 Å².